The average Bonchev–Trinajstić information content (AvgIpc) is 2.47. The second-order valence-corrected chi connectivity index (χ2v) is 3.05. The Hall–Kier alpha value is -0.900. The zero-order chi connectivity index (χ0) is 8.97. The quantitative estimate of drug-likeness (QED) is 0.575. The van der Waals surface area contributed by atoms with Crippen molar-refractivity contribution in [3.8, 4) is 0 Å². The molecule has 1 aliphatic heterocycles. The van der Waals surface area contributed by atoms with Gasteiger partial charge in [0.2, 0.25) is 5.91 Å². The Labute approximate surface area is 71.9 Å². The topological polar surface area (TPSA) is 49.4 Å². The number of carbonyl (C=O) groups is 2. The van der Waals surface area contributed by atoms with Gasteiger partial charge in [0.15, 0.2) is 0 Å². The minimum atomic E-state index is -0.0258. The lowest BCUT2D eigenvalue weighted by molar-refractivity contribution is -0.126. The SMILES string of the molecule is CN1CCC[C@H]1C(=O)NCC=O. The zero-order valence-corrected chi connectivity index (χ0v) is 7.25. The van der Waals surface area contributed by atoms with Crippen molar-refractivity contribution in [2.45, 2.75) is 18.9 Å². The van der Waals surface area contributed by atoms with Crippen molar-refractivity contribution in [1.82, 2.24) is 10.2 Å². The summed E-state index contributed by atoms with van der Waals surface area (Å²) in [5, 5.41) is 2.56. The van der Waals surface area contributed by atoms with Crippen molar-refractivity contribution < 1.29 is 9.59 Å². The summed E-state index contributed by atoms with van der Waals surface area (Å²) in [6.45, 7) is 1.10. The lowest BCUT2D eigenvalue weighted by Gasteiger charge is -2.17. The van der Waals surface area contributed by atoms with Crippen LogP contribution >= 0.6 is 0 Å². The summed E-state index contributed by atoms with van der Waals surface area (Å²) in [4.78, 5) is 23.3. The molecule has 1 N–H and O–H groups in total. The second kappa shape index (κ2) is 4.21. The van der Waals surface area contributed by atoms with E-state index in [9.17, 15) is 9.59 Å². The van der Waals surface area contributed by atoms with E-state index in [4.69, 9.17) is 0 Å². The minimum absolute atomic E-state index is 0.0232. The highest BCUT2D eigenvalue weighted by molar-refractivity contribution is 5.83. The largest absolute Gasteiger partial charge is 0.348 e. The molecule has 0 bridgehead atoms. The van der Waals surface area contributed by atoms with Crippen LogP contribution in [0.25, 0.3) is 0 Å². The highest BCUT2D eigenvalue weighted by Gasteiger charge is 2.26. The van der Waals surface area contributed by atoms with Gasteiger partial charge in [-0.2, -0.15) is 0 Å². The molecule has 1 amide bonds. The van der Waals surface area contributed by atoms with Gasteiger partial charge in [0.05, 0.1) is 12.6 Å². The summed E-state index contributed by atoms with van der Waals surface area (Å²) in [7, 11) is 1.93. The molecule has 12 heavy (non-hydrogen) atoms. The first kappa shape index (κ1) is 9.19. The second-order valence-electron chi connectivity index (χ2n) is 3.05. The van der Waals surface area contributed by atoms with Gasteiger partial charge in [0.1, 0.15) is 6.29 Å². The summed E-state index contributed by atoms with van der Waals surface area (Å²) in [5.74, 6) is -0.0258. The maximum absolute atomic E-state index is 11.3. The van der Waals surface area contributed by atoms with E-state index in [0.29, 0.717) is 6.29 Å². The average molecular weight is 170 g/mol. The van der Waals surface area contributed by atoms with Gasteiger partial charge >= 0.3 is 0 Å². The Morgan fingerprint density at radius 3 is 3.00 bits per heavy atom. The van der Waals surface area contributed by atoms with E-state index in [1.54, 1.807) is 0 Å². The normalized spacial score (nSPS) is 23.9. The third kappa shape index (κ3) is 2.04. The van der Waals surface area contributed by atoms with Crippen LogP contribution in [0.15, 0.2) is 0 Å². The van der Waals surface area contributed by atoms with Crippen molar-refractivity contribution in [1.29, 1.82) is 0 Å². The van der Waals surface area contributed by atoms with Gasteiger partial charge in [-0.25, -0.2) is 0 Å². The van der Waals surface area contributed by atoms with E-state index in [2.05, 4.69) is 5.32 Å². The maximum Gasteiger partial charge on any atom is 0.237 e. The van der Waals surface area contributed by atoms with Crippen LogP contribution in [0.2, 0.25) is 0 Å². The highest BCUT2D eigenvalue weighted by atomic mass is 16.2. The molecule has 0 saturated carbocycles. The molecule has 1 rings (SSSR count). The van der Waals surface area contributed by atoms with Crippen molar-refractivity contribution in [2.24, 2.45) is 0 Å². The lowest BCUT2D eigenvalue weighted by Crippen LogP contribution is -2.41. The number of nitrogens with zero attached hydrogens (tertiary/aromatic N) is 1. The monoisotopic (exact) mass is 170 g/mol. The number of carbonyl (C=O) groups excluding carboxylic acids is 2. The standard InChI is InChI=1S/C8H14N2O2/c1-10-5-2-3-7(10)8(12)9-4-6-11/h6-7H,2-5H2,1H3,(H,9,12)/t7-/m0/s1. The van der Waals surface area contributed by atoms with Crippen LogP contribution in [0.3, 0.4) is 0 Å². The van der Waals surface area contributed by atoms with E-state index in [-0.39, 0.29) is 18.5 Å². The molecule has 0 aliphatic carbocycles. The molecule has 68 valence electrons. The number of aldehydes is 1. The fourth-order valence-electron chi connectivity index (χ4n) is 1.50. The number of hydrogen-bond donors (Lipinski definition) is 1. The number of rotatable bonds is 3. The van der Waals surface area contributed by atoms with Crippen LogP contribution < -0.4 is 5.32 Å². The fraction of sp³-hybridized carbons (Fsp3) is 0.750. The van der Waals surface area contributed by atoms with E-state index in [1.807, 2.05) is 11.9 Å². The van der Waals surface area contributed by atoms with Crippen LogP contribution in [0, 0.1) is 0 Å². The van der Waals surface area contributed by atoms with Crippen molar-refractivity contribution in [2.75, 3.05) is 20.1 Å². The summed E-state index contributed by atoms with van der Waals surface area (Å²) >= 11 is 0. The third-order valence-electron chi connectivity index (χ3n) is 2.18. The van der Waals surface area contributed by atoms with Gasteiger partial charge in [0, 0.05) is 0 Å². The fourth-order valence-corrected chi connectivity index (χ4v) is 1.50. The first-order chi connectivity index (χ1) is 5.75. The third-order valence-corrected chi connectivity index (χ3v) is 2.18. The lowest BCUT2D eigenvalue weighted by atomic mass is 10.2. The predicted octanol–water partition coefficient (Wildman–Crippen LogP) is -0.604. The number of likely N-dealkylation sites (N-methyl/N-ethyl adjacent to an activating group) is 1. The minimum Gasteiger partial charge on any atom is -0.348 e. The molecule has 4 nitrogen and oxygen atoms in total. The first-order valence-corrected chi connectivity index (χ1v) is 4.17. The van der Waals surface area contributed by atoms with Crippen LogP contribution in [-0.2, 0) is 9.59 Å². The summed E-state index contributed by atoms with van der Waals surface area (Å²) in [6.07, 6.45) is 2.67. The number of hydrogen-bond acceptors (Lipinski definition) is 3. The molecule has 0 unspecified atom stereocenters. The molecule has 1 aliphatic rings. The molecule has 1 atom stereocenters. The Kier molecular flexibility index (Phi) is 3.22. The van der Waals surface area contributed by atoms with Crippen LogP contribution in [0.5, 0.6) is 0 Å². The Bertz CT molecular complexity index is 182. The highest BCUT2D eigenvalue weighted by Crippen LogP contribution is 2.14. The van der Waals surface area contributed by atoms with Gasteiger partial charge in [-0.1, -0.05) is 0 Å². The summed E-state index contributed by atoms with van der Waals surface area (Å²) < 4.78 is 0. The van der Waals surface area contributed by atoms with E-state index >= 15 is 0 Å². The molecular weight excluding hydrogens is 156 g/mol. The van der Waals surface area contributed by atoms with E-state index < -0.39 is 0 Å². The number of likely N-dealkylation sites (tertiary alicyclic amines) is 1. The van der Waals surface area contributed by atoms with Crippen molar-refractivity contribution in [3.05, 3.63) is 0 Å². The molecule has 4 heteroatoms. The predicted molar refractivity (Wildman–Crippen MR) is 44.7 cm³/mol. The number of amides is 1. The summed E-state index contributed by atoms with van der Waals surface area (Å²) in [6, 6.07) is -0.0232. The molecule has 1 saturated heterocycles. The zero-order valence-electron chi connectivity index (χ0n) is 7.25. The van der Waals surface area contributed by atoms with Gasteiger partial charge < -0.3 is 10.1 Å². The smallest absolute Gasteiger partial charge is 0.237 e. The Balaban J connectivity index is 2.35. The summed E-state index contributed by atoms with van der Waals surface area (Å²) in [5.41, 5.74) is 0. The first-order valence-electron chi connectivity index (χ1n) is 4.17. The molecule has 0 aromatic heterocycles. The molecular formula is C8H14N2O2. The molecule has 0 aromatic carbocycles. The van der Waals surface area contributed by atoms with E-state index in [1.165, 1.54) is 0 Å². The van der Waals surface area contributed by atoms with Gasteiger partial charge in [0.25, 0.3) is 0 Å². The molecule has 0 radical (unpaired) electrons. The van der Waals surface area contributed by atoms with Crippen molar-refractivity contribution >= 4 is 12.2 Å². The maximum atomic E-state index is 11.3. The Morgan fingerprint density at radius 1 is 1.75 bits per heavy atom. The van der Waals surface area contributed by atoms with Gasteiger partial charge in [-0.15, -0.1) is 0 Å². The molecule has 1 fully saturated rings. The van der Waals surface area contributed by atoms with Crippen molar-refractivity contribution in [3.63, 3.8) is 0 Å². The van der Waals surface area contributed by atoms with Crippen LogP contribution in [0.1, 0.15) is 12.8 Å². The van der Waals surface area contributed by atoms with E-state index in [0.717, 1.165) is 19.4 Å². The molecule has 0 aromatic rings. The van der Waals surface area contributed by atoms with Crippen LogP contribution in [0.4, 0.5) is 0 Å². The molecule has 0 spiro atoms. The number of nitrogens with one attached hydrogen (secondary N) is 1. The Morgan fingerprint density at radius 2 is 2.50 bits per heavy atom. The van der Waals surface area contributed by atoms with Gasteiger partial charge in [-0.3, -0.25) is 9.69 Å². The van der Waals surface area contributed by atoms with Crippen LogP contribution in [-0.4, -0.2) is 43.3 Å². The van der Waals surface area contributed by atoms with Gasteiger partial charge in [-0.05, 0) is 26.4 Å². The molecule has 1 heterocycles.